The van der Waals surface area contributed by atoms with Crippen LogP contribution in [0.5, 0.6) is 0 Å². The van der Waals surface area contributed by atoms with Gasteiger partial charge in [-0.3, -0.25) is 33.6 Å². The summed E-state index contributed by atoms with van der Waals surface area (Å²) in [7, 11) is 8.49. The first-order valence-electron chi connectivity index (χ1n) is 18.7. The van der Waals surface area contributed by atoms with Crippen molar-refractivity contribution in [1.82, 2.24) is 57.8 Å². The molecule has 1 rings (SSSR count). The van der Waals surface area contributed by atoms with Crippen LogP contribution < -0.4 is 57.8 Å². The van der Waals surface area contributed by atoms with Gasteiger partial charge >= 0.3 is 0 Å². The van der Waals surface area contributed by atoms with Crippen LogP contribution in [0.4, 0.5) is 0 Å². The summed E-state index contributed by atoms with van der Waals surface area (Å²) in [6, 6.07) is -7.83. The summed E-state index contributed by atoms with van der Waals surface area (Å²) in [6.45, 7) is 9.64. The Morgan fingerprint density at radius 1 is 0.564 bits per heavy atom. The first-order chi connectivity index (χ1) is 26.0. The second kappa shape index (κ2) is 27.1. The Bertz CT molecular complexity index is 1270. The highest BCUT2D eigenvalue weighted by molar-refractivity contribution is 7.14. The molecule has 10 unspecified atom stereocenters. The van der Waals surface area contributed by atoms with Gasteiger partial charge in [0.25, 0.3) is 0 Å². The lowest BCUT2D eigenvalue weighted by Gasteiger charge is -2.29. The van der Waals surface area contributed by atoms with Crippen molar-refractivity contribution in [2.24, 2.45) is 11.8 Å². The molecule has 0 aliphatic carbocycles. The largest absolute Gasteiger partial charge is 0.391 e. The molecule has 0 aromatic carbocycles. The topological polar surface area (TPSA) is 272 Å². The molecule has 0 bridgehead atoms. The molecule has 1 heterocycles. The number of rotatable bonds is 15. The minimum Gasteiger partial charge on any atom is -0.391 e. The SMILES string of the molecule is CNC1CCNC(=O)C([C@@H](C)O)NC(=O)C(CCNP)NC(=O)C(CCNP)NC(=O)C(CC(C)C)NC(=O)C(CC(C)C)NC(=O)C(CCNP)NC1=O. The van der Waals surface area contributed by atoms with E-state index in [4.69, 9.17) is 0 Å². The lowest BCUT2D eigenvalue weighted by Crippen LogP contribution is -2.61. The van der Waals surface area contributed by atoms with E-state index in [-0.39, 0.29) is 70.0 Å². The van der Waals surface area contributed by atoms with Crippen LogP contribution in [0.2, 0.25) is 0 Å². The van der Waals surface area contributed by atoms with E-state index in [2.05, 4.69) is 86.0 Å². The van der Waals surface area contributed by atoms with E-state index >= 15 is 0 Å². The number of aliphatic hydroxyl groups excluding tert-OH is 1. The number of carbonyl (C=O) groups is 7. The molecule has 55 heavy (non-hydrogen) atoms. The molecule has 1 fully saturated rings. The predicted octanol–water partition coefficient (Wildman–Crippen LogP) is -3.21. The van der Waals surface area contributed by atoms with Gasteiger partial charge in [0.2, 0.25) is 41.4 Å². The van der Waals surface area contributed by atoms with Gasteiger partial charge in [0.1, 0.15) is 36.3 Å². The van der Waals surface area contributed by atoms with Crippen molar-refractivity contribution in [1.29, 1.82) is 0 Å². The Morgan fingerprint density at radius 3 is 1.25 bits per heavy atom. The maximum Gasteiger partial charge on any atom is 0.245 e. The molecular weight excluding hydrogens is 771 g/mol. The van der Waals surface area contributed by atoms with Gasteiger partial charge in [-0.2, -0.15) is 0 Å². The van der Waals surface area contributed by atoms with Gasteiger partial charge in [-0.05, 0) is 64.3 Å². The summed E-state index contributed by atoms with van der Waals surface area (Å²) < 4.78 is 0. The van der Waals surface area contributed by atoms with Crippen LogP contribution in [0.25, 0.3) is 0 Å². The molecular formula is C33H66N11O8P3. The van der Waals surface area contributed by atoms with Gasteiger partial charge < -0.3 is 62.9 Å². The molecule has 7 amide bonds. The summed E-state index contributed by atoms with van der Waals surface area (Å²) in [5, 5.41) is 40.8. The molecule has 0 radical (unpaired) electrons. The number of hydrogen-bond acceptors (Lipinski definition) is 12. The maximum absolute atomic E-state index is 13.9. The number of hydrogen-bond donors (Lipinski definition) is 12. The Kier molecular flexibility index (Phi) is 24.8. The highest BCUT2D eigenvalue weighted by Crippen LogP contribution is 2.11. The van der Waals surface area contributed by atoms with Crippen molar-refractivity contribution >= 4 is 69.5 Å². The number of nitrogens with one attached hydrogen (secondary N) is 11. The lowest BCUT2D eigenvalue weighted by atomic mass is 9.99. The molecule has 12 N–H and O–H groups in total. The zero-order chi connectivity index (χ0) is 41.7. The molecule has 316 valence electrons. The molecule has 22 heteroatoms. The van der Waals surface area contributed by atoms with Crippen LogP contribution in [0.15, 0.2) is 0 Å². The predicted molar refractivity (Wildman–Crippen MR) is 220 cm³/mol. The van der Waals surface area contributed by atoms with Gasteiger partial charge in [-0.1, -0.05) is 55.9 Å². The van der Waals surface area contributed by atoms with Gasteiger partial charge in [0.15, 0.2) is 0 Å². The molecule has 0 spiro atoms. The minimum atomic E-state index is -1.41. The summed E-state index contributed by atoms with van der Waals surface area (Å²) in [5.41, 5.74) is 0. The molecule has 0 saturated carbocycles. The maximum atomic E-state index is 13.9. The molecule has 0 aromatic rings. The molecule has 0 aromatic heterocycles. The van der Waals surface area contributed by atoms with E-state index < -0.39 is 89.7 Å². The van der Waals surface area contributed by atoms with E-state index in [1.54, 1.807) is 7.05 Å². The molecule has 1 aliphatic rings. The van der Waals surface area contributed by atoms with Crippen molar-refractivity contribution in [2.45, 2.75) is 122 Å². The summed E-state index contributed by atoms with van der Waals surface area (Å²) >= 11 is 0. The third kappa shape index (κ3) is 18.9. The highest BCUT2D eigenvalue weighted by Gasteiger charge is 2.35. The highest BCUT2D eigenvalue weighted by atomic mass is 31.0. The number of amides is 7. The fourth-order valence-electron chi connectivity index (χ4n) is 5.77. The van der Waals surface area contributed by atoms with E-state index in [9.17, 15) is 38.7 Å². The van der Waals surface area contributed by atoms with Gasteiger partial charge in [-0.15, -0.1) is 0 Å². The average Bonchev–Trinajstić information content (AvgIpc) is 3.11. The fourth-order valence-corrected chi connectivity index (χ4v) is 6.27. The van der Waals surface area contributed by atoms with Crippen molar-refractivity contribution < 1.29 is 38.7 Å². The van der Waals surface area contributed by atoms with Crippen LogP contribution in [-0.2, 0) is 33.6 Å². The lowest BCUT2D eigenvalue weighted by molar-refractivity contribution is -0.136. The smallest absolute Gasteiger partial charge is 0.245 e. The quantitative estimate of drug-likeness (QED) is 0.0728. The Morgan fingerprint density at radius 2 is 0.909 bits per heavy atom. The number of likely N-dealkylation sites (N-methyl/N-ethyl adjacent to an activating group) is 1. The normalized spacial score (nSPS) is 26.6. The standard InChI is InChI=1S/C33H66N11O8P3/c1-17(2)15-24-31(50)41-21(8-12-36-53)28(47)40-23(10-14-38-55)30(49)44-26(19(5)45)33(52)35-11-7-20(34-6)27(46)39-22(9-13-37-54)29(48)42-25(16-18(3)4)32(51)43-24/h17-26,34,36-38,45H,7-16,53-55H2,1-6H3,(H,35,52)(H,39,46)(H,40,47)(H,41,50)(H,42,48)(H,43,51)(H,44,49)/t19-,20?,21?,22?,23?,24?,25?,26?/m1/s1. The first kappa shape index (κ1) is 50.4. The van der Waals surface area contributed by atoms with Crippen molar-refractivity contribution in [3.05, 3.63) is 0 Å². The fraction of sp³-hybridized carbons (Fsp3) is 0.788. The zero-order valence-corrected chi connectivity index (χ0v) is 36.3. The van der Waals surface area contributed by atoms with Crippen LogP contribution in [0.3, 0.4) is 0 Å². The Labute approximate surface area is 332 Å². The third-order valence-corrected chi connectivity index (χ3v) is 9.64. The van der Waals surface area contributed by atoms with Crippen LogP contribution in [0.1, 0.15) is 73.1 Å². The molecule has 11 atom stereocenters. The summed E-state index contributed by atoms with van der Waals surface area (Å²) in [6.07, 6.45) is -0.477. The van der Waals surface area contributed by atoms with Gasteiger partial charge in [0.05, 0.1) is 12.1 Å². The zero-order valence-electron chi connectivity index (χ0n) is 32.9. The number of carbonyl (C=O) groups excluding carboxylic acids is 7. The molecule has 19 nitrogen and oxygen atoms in total. The third-order valence-electron chi connectivity index (χ3n) is 8.77. The Balaban J connectivity index is 3.73. The van der Waals surface area contributed by atoms with Crippen molar-refractivity contribution in [2.75, 3.05) is 33.2 Å². The van der Waals surface area contributed by atoms with E-state index in [1.807, 2.05) is 27.7 Å². The Hall–Kier alpha value is -2.62. The van der Waals surface area contributed by atoms with Gasteiger partial charge in [-0.25, -0.2) is 0 Å². The van der Waals surface area contributed by atoms with Crippen molar-refractivity contribution in [3.63, 3.8) is 0 Å². The van der Waals surface area contributed by atoms with Crippen LogP contribution >= 0.6 is 28.2 Å². The summed E-state index contributed by atoms with van der Waals surface area (Å²) in [4.78, 5) is 95.5. The monoisotopic (exact) mass is 837 g/mol. The average molecular weight is 838 g/mol. The summed E-state index contributed by atoms with van der Waals surface area (Å²) in [5.74, 6) is -4.67. The van der Waals surface area contributed by atoms with Crippen LogP contribution in [-0.4, -0.2) is 128 Å². The second-order valence-electron chi connectivity index (χ2n) is 14.4. The first-order valence-corrected chi connectivity index (χ1v) is 20.5. The number of aliphatic hydroxyl groups is 1. The van der Waals surface area contributed by atoms with Crippen molar-refractivity contribution in [3.8, 4) is 0 Å². The molecule has 1 saturated heterocycles. The van der Waals surface area contributed by atoms with Crippen LogP contribution in [0, 0.1) is 11.8 Å². The molecule has 1 aliphatic heterocycles. The minimum absolute atomic E-state index is 0.0443. The second-order valence-corrected chi connectivity index (χ2v) is 15.7. The van der Waals surface area contributed by atoms with E-state index in [0.29, 0.717) is 6.54 Å². The van der Waals surface area contributed by atoms with Gasteiger partial charge in [0, 0.05) is 26.2 Å². The van der Waals surface area contributed by atoms with E-state index in [1.165, 1.54) is 6.92 Å². The van der Waals surface area contributed by atoms with E-state index in [0.717, 1.165) is 0 Å².